The molecule has 2 heterocycles. The number of anilines is 1. The van der Waals surface area contributed by atoms with E-state index in [0.29, 0.717) is 15.9 Å². The van der Waals surface area contributed by atoms with E-state index in [1.165, 1.54) is 0 Å². The second kappa shape index (κ2) is 7.21. The molecule has 0 aromatic heterocycles. The molecule has 2 aliphatic rings. The minimum absolute atomic E-state index is 0.283. The van der Waals surface area contributed by atoms with Crippen LogP contribution in [0.2, 0.25) is 5.02 Å². The smallest absolute Gasteiger partial charge is 0.317 e. The van der Waals surface area contributed by atoms with Crippen molar-refractivity contribution in [1.82, 2.24) is 5.32 Å². The molecule has 8 heteroatoms. The predicted octanol–water partition coefficient (Wildman–Crippen LogP) is 4.83. The van der Waals surface area contributed by atoms with Gasteiger partial charge in [0.05, 0.1) is 12.6 Å². The molecule has 2 aliphatic heterocycles. The van der Waals surface area contributed by atoms with Crippen LogP contribution in [0, 0.1) is 5.92 Å². The fourth-order valence-electron chi connectivity index (χ4n) is 3.95. The van der Waals surface area contributed by atoms with Crippen LogP contribution in [0.1, 0.15) is 25.5 Å². The first-order valence-corrected chi connectivity index (χ1v) is 10.4. The normalized spacial score (nSPS) is 25.4. The Morgan fingerprint density at radius 1 is 1.39 bits per heavy atom. The molecular formula is C20H18BrClN2O3S. The Bertz CT molecular complexity index is 972. The number of carbonyl (C=O) groups is 1. The van der Waals surface area contributed by atoms with E-state index >= 15 is 0 Å². The van der Waals surface area contributed by atoms with E-state index in [0.717, 1.165) is 15.7 Å². The monoisotopic (exact) mass is 480 g/mol. The summed E-state index contributed by atoms with van der Waals surface area (Å²) in [6.45, 7) is 3.93. The number of nitrogens with one attached hydrogen (secondary N) is 1. The van der Waals surface area contributed by atoms with Gasteiger partial charge >= 0.3 is 5.97 Å². The van der Waals surface area contributed by atoms with E-state index < -0.39 is 11.6 Å². The highest BCUT2D eigenvalue weighted by atomic mass is 79.9. The highest BCUT2D eigenvalue weighted by Gasteiger charge is 2.59. The Balaban J connectivity index is 1.90. The van der Waals surface area contributed by atoms with Crippen LogP contribution in [0.3, 0.4) is 0 Å². The van der Waals surface area contributed by atoms with Crippen molar-refractivity contribution in [1.29, 1.82) is 0 Å². The molecule has 4 rings (SSSR count). The SMILES string of the molecule is CCOC(=O)[C@H]1[C@@H]2NC(=S)N(c3cccc(Cl)c3)[C@@]1(C)Oc1ccc(Br)cc12. The zero-order chi connectivity index (χ0) is 20.1. The molecule has 146 valence electrons. The van der Waals surface area contributed by atoms with Gasteiger partial charge in [0, 0.05) is 20.7 Å². The minimum Gasteiger partial charge on any atom is -0.466 e. The van der Waals surface area contributed by atoms with Gasteiger partial charge in [-0.2, -0.15) is 0 Å². The van der Waals surface area contributed by atoms with E-state index in [1.807, 2.05) is 37.3 Å². The molecule has 0 spiro atoms. The highest BCUT2D eigenvalue weighted by molar-refractivity contribution is 9.10. The molecule has 28 heavy (non-hydrogen) atoms. The molecule has 0 radical (unpaired) electrons. The van der Waals surface area contributed by atoms with Gasteiger partial charge in [-0.3, -0.25) is 9.69 Å². The molecule has 1 saturated heterocycles. The van der Waals surface area contributed by atoms with E-state index in [-0.39, 0.29) is 18.6 Å². The Kier molecular flexibility index (Phi) is 5.02. The van der Waals surface area contributed by atoms with Crippen LogP contribution < -0.4 is 15.0 Å². The number of esters is 1. The van der Waals surface area contributed by atoms with Crippen molar-refractivity contribution in [2.45, 2.75) is 25.6 Å². The lowest BCUT2D eigenvalue weighted by molar-refractivity contribution is -0.159. The summed E-state index contributed by atoms with van der Waals surface area (Å²) in [5.74, 6) is -0.291. The van der Waals surface area contributed by atoms with E-state index in [2.05, 4.69) is 21.2 Å². The van der Waals surface area contributed by atoms with Gasteiger partial charge in [-0.05, 0) is 62.5 Å². The number of rotatable bonds is 3. The summed E-state index contributed by atoms with van der Waals surface area (Å²) in [6, 6.07) is 12.7. The molecule has 2 aromatic carbocycles. The minimum atomic E-state index is -1.08. The van der Waals surface area contributed by atoms with Crippen molar-refractivity contribution in [2.75, 3.05) is 11.5 Å². The van der Waals surface area contributed by atoms with E-state index in [9.17, 15) is 4.79 Å². The summed E-state index contributed by atoms with van der Waals surface area (Å²) in [5, 5.41) is 4.35. The fourth-order valence-corrected chi connectivity index (χ4v) is 4.93. The van der Waals surface area contributed by atoms with Crippen molar-refractivity contribution >= 4 is 56.5 Å². The molecular weight excluding hydrogens is 464 g/mol. The largest absolute Gasteiger partial charge is 0.466 e. The molecule has 0 unspecified atom stereocenters. The predicted molar refractivity (Wildman–Crippen MR) is 116 cm³/mol. The van der Waals surface area contributed by atoms with Crippen molar-refractivity contribution in [3.05, 3.63) is 57.5 Å². The third-order valence-corrected chi connectivity index (χ3v) is 6.10. The van der Waals surface area contributed by atoms with Crippen LogP contribution in [-0.4, -0.2) is 23.4 Å². The fraction of sp³-hybridized carbons (Fsp3) is 0.300. The van der Waals surface area contributed by atoms with Crippen molar-refractivity contribution < 1.29 is 14.3 Å². The molecule has 0 saturated carbocycles. The molecule has 1 fully saturated rings. The highest BCUT2D eigenvalue weighted by Crippen LogP contribution is 2.50. The number of hydrogen-bond donors (Lipinski definition) is 1. The van der Waals surface area contributed by atoms with Crippen LogP contribution in [0.15, 0.2) is 46.9 Å². The second-order valence-corrected chi connectivity index (χ2v) is 8.55. The molecule has 3 atom stereocenters. The van der Waals surface area contributed by atoms with Crippen molar-refractivity contribution in [2.24, 2.45) is 5.92 Å². The zero-order valence-corrected chi connectivity index (χ0v) is 18.4. The van der Waals surface area contributed by atoms with Gasteiger partial charge in [0.1, 0.15) is 11.7 Å². The molecule has 2 aromatic rings. The Hall–Kier alpha value is -1.83. The van der Waals surface area contributed by atoms with Crippen LogP contribution >= 0.6 is 39.7 Å². The number of carbonyl (C=O) groups excluding carboxylic acids is 1. The topological polar surface area (TPSA) is 50.8 Å². The van der Waals surface area contributed by atoms with E-state index in [1.54, 1.807) is 24.0 Å². The quantitative estimate of drug-likeness (QED) is 0.501. The van der Waals surface area contributed by atoms with Gasteiger partial charge in [0.2, 0.25) is 5.72 Å². The van der Waals surface area contributed by atoms with Crippen LogP contribution in [0.25, 0.3) is 0 Å². The lowest BCUT2D eigenvalue weighted by Crippen LogP contribution is -2.71. The number of nitrogens with zero attached hydrogens (tertiary/aromatic N) is 1. The first-order valence-electron chi connectivity index (χ1n) is 8.86. The lowest BCUT2D eigenvalue weighted by atomic mass is 9.79. The first kappa shape index (κ1) is 19.5. The third-order valence-electron chi connectivity index (χ3n) is 5.07. The van der Waals surface area contributed by atoms with E-state index in [4.69, 9.17) is 33.3 Å². The number of ether oxygens (including phenoxy) is 2. The summed E-state index contributed by atoms with van der Waals surface area (Å²) >= 11 is 15.4. The maximum absolute atomic E-state index is 13.0. The average Bonchev–Trinajstić information content (AvgIpc) is 2.62. The third kappa shape index (κ3) is 3.06. The summed E-state index contributed by atoms with van der Waals surface area (Å²) in [7, 11) is 0. The van der Waals surface area contributed by atoms with Gasteiger partial charge in [0.15, 0.2) is 5.11 Å². The van der Waals surface area contributed by atoms with Crippen LogP contribution in [-0.2, 0) is 9.53 Å². The van der Waals surface area contributed by atoms with Gasteiger partial charge in [-0.15, -0.1) is 0 Å². The zero-order valence-electron chi connectivity index (χ0n) is 15.2. The number of benzene rings is 2. The average molecular weight is 482 g/mol. The maximum atomic E-state index is 13.0. The van der Waals surface area contributed by atoms with Gasteiger partial charge in [0.25, 0.3) is 0 Å². The standard InChI is InChI=1S/C20H18BrClN2O3S/c1-3-26-18(25)16-17-14-9-11(21)7-8-15(14)27-20(16,2)24(19(28)23-17)13-6-4-5-12(22)10-13/h4-10,16-17H,3H2,1-2H3,(H,23,28)/t16-,17-,20+/m1/s1. The summed E-state index contributed by atoms with van der Waals surface area (Å²) in [5.41, 5.74) is 0.518. The molecule has 1 N–H and O–H groups in total. The number of thiocarbonyl (C=S) groups is 1. The second-order valence-electron chi connectivity index (χ2n) is 6.81. The Labute approximate surface area is 182 Å². The van der Waals surface area contributed by atoms with Crippen molar-refractivity contribution in [3.8, 4) is 5.75 Å². The Morgan fingerprint density at radius 2 is 2.18 bits per heavy atom. The van der Waals surface area contributed by atoms with Gasteiger partial charge < -0.3 is 14.8 Å². The first-order chi connectivity index (χ1) is 13.3. The maximum Gasteiger partial charge on any atom is 0.317 e. The molecule has 2 bridgehead atoms. The van der Waals surface area contributed by atoms with Gasteiger partial charge in [-0.1, -0.05) is 33.6 Å². The number of hydrogen-bond acceptors (Lipinski definition) is 4. The number of fused-ring (bicyclic) bond motifs is 4. The van der Waals surface area contributed by atoms with Gasteiger partial charge in [-0.25, -0.2) is 0 Å². The van der Waals surface area contributed by atoms with Crippen molar-refractivity contribution in [3.63, 3.8) is 0 Å². The van der Waals surface area contributed by atoms with Crippen LogP contribution in [0.5, 0.6) is 5.75 Å². The summed E-state index contributed by atoms with van der Waals surface area (Å²) in [4.78, 5) is 14.8. The summed E-state index contributed by atoms with van der Waals surface area (Å²) in [6.07, 6.45) is 0. The molecule has 5 nitrogen and oxygen atoms in total. The molecule has 0 aliphatic carbocycles. The lowest BCUT2D eigenvalue weighted by Gasteiger charge is -2.55. The summed E-state index contributed by atoms with van der Waals surface area (Å²) < 4.78 is 12.7. The molecule has 0 amide bonds. The Morgan fingerprint density at radius 3 is 2.89 bits per heavy atom. The van der Waals surface area contributed by atoms with Crippen LogP contribution in [0.4, 0.5) is 5.69 Å². The number of halogens is 2.